The predicted octanol–water partition coefficient (Wildman–Crippen LogP) is 5.64. The van der Waals surface area contributed by atoms with Crippen molar-refractivity contribution in [1.29, 1.82) is 0 Å². The quantitative estimate of drug-likeness (QED) is 0.452. The first-order valence-electron chi connectivity index (χ1n) is 12.5. The van der Waals surface area contributed by atoms with Gasteiger partial charge in [-0.15, -0.1) is 0 Å². The summed E-state index contributed by atoms with van der Waals surface area (Å²) < 4.78 is 5.39. The largest absolute Gasteiger partial charge is 0.481 e. The summed E-state index contributed by atoms with van der Waals surface area (Å²) >= 11 is 12.6. The van der Waals surface area contributed by atoms with E-state index >= 15 is 0 Å². The van der Waals surface area contributed by atoms with E-state index < -0.39 is 11.4 Å². The van der Waals surface area contributed by atoms with Crippen LogP contribution in [0.15, 0.2) is 48.5 Å². The molecule has 2 heterocycles. The number of rotatable bonds is 9. The summed E-state index contributed by atoms with van der Waals surface area (Å²) in [5.74, 6) is -1.23. The summed E-state index contributed by atoms with van der Waals surface area (Å²) in [4.78, 5) is 30.4. The second kappa shape index (κ2) is 11.1. The molecule has 0 aromatic heterocycles. The highest BCUT2D eigenvalue weighted by Gasteiger charge is 2.52. The van der Waals surface area contributed by atoms with Crippen molar-refractivity contribution in [3.05, 3.63) is 69.7 Å². The fourth-order valence-corrected chi connectivity index (χ4v) is 5.98. The fraction of sp³-hybridized carbons (Fsp3) is 0.500. The normalized spacial score (nSPS) is 25.6. The number of ether oxygens (including phenoxy) is 1. The van der Waals surface area contributed by atoms with E-state index in [0.29, 0.717) is 42.3 Å². The number of amides is 1. The predicted molar refractivity (Wildman–Crippen MR) is 142 cm³/mol. The van der Waals surface area contributed by atoms with Crippen LogP contribution in [-0.2, 0) is 14.3 Å². The first-order chi connectivity index (χ1) is 17.1. The lowest BCUT2D eigenvalue weighted by molar-refractivity contribution is -0.161. The molecule has 2 aliphatic heterocycles. The summed E-state index contributed by atoms with van der Waals surface area (Å²) in [5, 5.41) is 11.0. The second-order valence-corrected chi connectivity index (χ2v) is 11.3. The zero-order valence-corrected chi connectivity index (χ0v) is 22.5. The van der Waals surface area contributed by atoms with Crippen molar-refractivity contribution in [3.63, 3.8) is 0 Å². The minimum Gasteiger partial charge on any atom is -0.481 e. The molecular formula is C28H34Cl2N2O4. The number of hydrogen-bond donors (Lipinski definition) is 1. The number of benzene rings is 2. The first-order valence-corrected chi connectivity index (χ1v) is 13.2. The smallest absolute Gasteiger partial charge is 0.304 e. The van der Waals surface area contributed by atoms with Gasteiger partial charge < -0.3 is 14.7 Å². The topological polar surface area (TPSA) is 70.1 Å². The standard InChI is InChI=1S/C28H34Cl2N2O4/c1-4-22(15-31(3)23-16-36-17-23)32-26(18-8-10-20(29)11-9-18)24(19-6-5-7-21(30)12-19)13-28(2,27(32)35)14-25(33)34/h5-12,22-24,26H,4,13-17H2,1-3H3,(H,33,34). The van der Waals surface area contributed by atoms with Crippen LogP contribution in [0, 0.1) is 5.41 Å². The van der Waals surface area contributed by atoms with Crippen LogP contribution in [0.25, 0.3) is 0 Å². The summed E-state index contributed by atoms with van der Waals surface area (Å²) in [6.07, 6.45) is 0.916. The molecule has 2 fully saturated rings. The molecule has 2 aliphatic rings. The number of likely N-dealkylation sites (N-methyl/N-ethyl adjacent to an activating group) is 1. The number of piperidine rings is 1. The minimum atomic E-state index is -1.05. The van der Waals surface area contributed by atoms with Gasteiger partial charge in [0.15, 0.2) is 0 Å². The van der Waals surface area contributed by atoms with Gasteiger partial charge in [0.25, 0.3) is 0 Å². The summed E-state index contributed by atoms with van der Waals surface area (Å²) in [6.45, 7) is 5.92. The van der Waals surface area contributed by atoms with Crippen molar-refractivity contribution in [3.8, 4) is 0 Å². The number of likely N-dealkylation sites (tertiary alicyclic amines) is 1. The van der Waals surface area contributed by atoms with Crippen LogP contribution in [-0.4, -0.2) is 65.7 Å². The van der Waals surface area contributed by atoms with Gasteiger partial charge in [0.05, 0.1) is 37.1 Å². The highest BCUT2D eigenvalue weighted by Crippen LogP contribution is 2.52. The molecule has 2 saturated heterocycles. The molecular weight excluding hydrogens is 499 g/mol. The van der Waals surface area contributed by atoms with E-state index in [2.05, 4.69) is 18.9 Å². The Labute approximate surface area is 223 Å². The van der Waals surface area contributed by atoms with E-state index in [-0.39, 0.29) is 30.3 Å². The van der Waals surface area contributed by atoms with Crippen LogP contribution in [0.3, 0.4) is 0 Å². The lowest BCUT2D eigenvalue weighted by Gasteiger charge is -2.52. The van der Waals surface area contributed by atoms with Gasteiger partial charge in [-0.05, 0) is 55.3 Å². The van der Waals surface area contributed by atoms with Crippen molar-refractivity contribution in [2.75, 3.05) is 26.8 Å². The number of hydrogen-bond acceptors (Lipinski definition) is 4. The fourth-order valence-electron chi connectivity index (χ4n) is 5.65. The molecule has 2 aromatic rings. The molecule has 36 heavy (non-hydrogen) atoms. The van der Waals surface area contributed by atoms with E-state index in [4.69, 9.17) is 27.9 Å². The number of carboxylic acids is 1. The Morgan fingerprint density at radius 1 is 1.17 bits per heavy atom. The third-order valence-electron chi connectivity index (χ3n) is 7.74. The molecule has 4 unspecified atom stereocenters. The maximum absolute atomic E-state index is 14.3. The van der Waals surface area contributed by atoms with Gasteiger partial charge in [-0.25, -0.2) is 0 Å². The average molecular weight is 533 g/mol. The van der Waals surface area contributed by atoms with Gasteiger partial charge in [0.1, 0.15) is 0 Å². The SMILES string of the molecule is CCC(CN(C)C1COC1)N1C(=O)C(C)(CC(=O)O)CC(c2cccc(Cl)c2)C1c1ccc(Cl)cc1. The Kier molecular flexibility index (Phi) is 8.30. The Hall–Kier alpha value is -2.12. The van der Waals surface area contributed by atoms with Crippen molar-refractivity contribution < 1.29 is 19.4 Å². The van der Waals surface area contributed by atoms with Crippen molar-refractivity contribution in [2.45, 2.75) is 57.2 Å². The summed E-state index contributed by atoms with van der Waals surface area (Å²) in [7, 11) is 2.06. The number of carbonyl (C=O) groups is 2. The molecule has 0 aliphatic carbocycles. The molecule has 0 saturated carbocycles. The van der Waals surface area contributed by atoms with E-state index in [1.54, 1.807) is 6.92 Å². The number of carboxylic acid groups (broad SMARTS) is 1. The van der Waals surface area contributed by atoms with Crippen LogP contribution >= 0.6 is 23.2 Å². The Balaban J connectivity index is 1.84. The highest BCUT2D eigenvalue weighted by atomic mass is 35.5. The molecule has 194 valence electrons. The van der Waals surface area contributed by atoms with Crippen LogP contribution in [0.2, 0.25) is 10.0 Å². The Morgan fingerprint density at radius 3 is 2.42 bits per heavy atom. The summed E-state index contributed by atoms with van der Waals surface area (Å²) in [6, 6.07) is 15.3. The van der Waals surface area contributed by atoms with Gasteiger partial charge in [-0.1, -0.05) is 61.3 Å². The van der Waals surface area contributed by atoms with Crippen molar-refractivity contribution in [2.24, 2.45) is 5.41 Å². The van der Waals surface area contributed by atoms with Crippen LogP contribution < -0.4 is 0 Å². The Morgan fingerprint density at radius 2 is 1.86 bits per heavy atom. The zero-order valence-electron chi connectivity index (χ0n) is 21.0. The van der Waals surface area contributed by atoms with Gasteiger partial charge in [-0.3, -0.25) is 14.5 Å². The molecule has 1 amide bonds. The molecule has 8 heteroatoms. The number of halogens is 2. The summed E-state index contributed by atoms with van der Waals surface area (Å²) in [5.41, 5.74) is 0.920. The van der Waals surface area contributed by atoms with E-state index in [0.717, 1.165) is 17.5 Å². The number of carbonyl (C=O) groups excluding carboxylic acids is 1. The maximum atomic E-state index is 14.3. The van der Waals surface area contributed by atoms with Crippen molar-refractivity contribution >= 4 is 35.1 Å². The molecule has 4 rings (SSSR count). The third-order valence-corrected chi connectivity index (χ3v) is 8.23. The highest BCUT2D eigenvalue weighted by molar-refractivity contribution is 6.30. The number of nitrogens with zero attached hydrogens (tertiary/aromatic N) is 2. The van der Waals surface area contributed by atoms with Crippen LogP contribution in [0.1, 0.15) is 56.2 Å². The van der Waals surface area contributed by atoms with Crippen molar-refractivity contribution in [1.82, 2.24) is 9.80 Å². The third kappa shape index (κ3) is 5.57. The molecule has 0 radical (unpaired) electrons. The minimum absolute atomic E-state index is 0.112. The van der Waals surface area contributed by atoms with Gasteiger partial charge in [0.2, 0.25) is 5.91 Å². The monoisotopic (exact) mass is 532 g/mol. The van der Waals surface area contributed by atoms with E-state index in [9.17, 15) is 14.7 Å². The van der Waals surface area contributed by atoms with E-state index in [1.165, 1.54) is 0 Å². The van der Waals surface area contributed by atoms with Gasteiger partial charge in [-0.2, -0.15) is 0 Å². The lowest BCUT2D eigenvalue weighted by Crippen LogP contribution is -2.59. The maximum Gasteiger partial charge on any atom is 0.304 e. The van der Waals surface area contributed by atoms with Crippen LogP contribution in [0.5, 0.6) is 0 Å². The second-order valence-electron chi connectivity index (χ2n) is 10.4. The molecule has 1 N–H and O–H groups in total. The number of aliphatic carboxylic acids is 1. The molecule has 2 aromatic carbocycles. The van der Waals surface area contributed by atoms with Crippen LogP contribution in [0.4, 0.5) is 0 Å². The average Bonchev–Trinajstić information content (AvgIpc) is 2.78. The molecule has 0 spiro atoms. The zero-order chi connectivity index (χ0) is 26.0. The first kappa shape index (κ1) is 26.9. The van der Waals surface area contributed by atoms with E-state index in [1.807, 2.05) is 53.4 Å². The lowest BCUT2D eigenvalue weighted by atomic mass is 9.67. The Bertz CT molecular complexity index is 1090. The molecule has 0 bridgehead atoms. The molecule has 4 atom stereocenters. The van der Waals surface area contributed by atoms with Gasteiger partial charge in [0, 0.05) is 28.5 Å². The molecule has 6 nitrogen and oxygen atoms in total. The van der Waals surface area contributed by atoms with Gasteiger partial charge >= 0.3 is 5.97 Å².